The van der Waals surface area contributed by atoms with Gasteiger partial charge in [0.15, 0.2) is 11.5 Å². The highest BCUT2D eigenvalue weighted by Crippen LogP contribution is 2.36. The van der Waals surface area contributed by atoms with Gasteiger partial charge in [0.05, 0.1) is 30.9 Å². The molecule has 0 radical (unpaired) electrons. The third kappa shape index (κ3) is 4.37. The van der Waals surface area contributed by atoms with Crippen LogP contribution < -0.4 is 19.1 Å². The van der Waals surface area contributed by atoms with Gasteiger partial charge in [0.25, 0.3) is 11.6 Å². The van der Waals surface area contributed by atoms with E-state index in [0.717, 1.165) is 0 Å². The lowest BCUT2D eigenvalue weighted by Crippen LogP contribution is -2.30. The minimum atomic E-state index is -0.544. The number of nitro groups is 1. The molecule has 1 heterocycles. The fourth-order valence-electron chi connectivity index (χ4n) is 3.05. The van der Waals surface area contributed by atoms with Crippen molar-refractivity contribution in [1.82, 2.24) is 0 Å². The monoisotopic (exact) mass is 425 g/mol. The summed E-state index contributed by atoms with van der Waals surface area (Å²) < 4.78 is 15.6. The first-order chi connectivity index (χ1) is 14.7. The predicted molar refractivity (Wildman–Crippen MR) is 113 cm³/mol. The Kier molecular flexibility index (Phi) is 6.00. The highest BCUT2D eigenvalue weighted by Gasteiger charge is 2.31. The molecule has 2 aromatic rings. The van der Waals surface area contributed by atoms with E-state index in [9.17, 15) is 19.7 Å². The number of anilines is 1. The van der Waals surface area contributed by atoms with Crippen LogP contribution in [0, 0.1) is 10.1 Å². The summed E-state index contributed by atoms with van der Waals surface area (Å²) in [7, 11) is 2.80. The first-order valence-corrected chi connectivity index (χ1v) is 9.05. The number of amidine groups is 1. The Balaban J connectivity index is 1.95. The predicted octanol–water partition coefficient (Wildman–Crippen LogP) is 3.34. The summed E-state index contributed by atoms with van der Waals surface area (Å²) in [5.41, 5.74) is 0.938. The molecule has 10 nitrogen and oxygen atoms in total. The maximum atomic E-state index is 13.0. The number of benzene rings is 2. The molecule has 0 N–H and O–H groups in total. The Bertz CT molecular complexity index is 1140. The molecule has 0 unspecified atom stereocenters. The molecule has 3 rings (SSSR count). The maximum absolute atomic E-state index is 13.0. The minimum absolute atomic E-state index is 0.153. The largest absolute Gasteiger partial charge is 0.494 e. The van der Waals surface area contributed by atoms with Crippen molar-refractivity contribution in [2.75, 3.05) is 19.1 Å². The average Bonchev–Trinajstić information content (AvgIpc) is 3.00. The van der Waals surface area contributed by atoms with Gasteiger partial charge < -0.3 is 14.2 Å². The second-order valence-electron chi connectivity index (χ2n) is 6.45. The van der Waals surface area contributed by atoms with Gasteiger partial charge in [0, 0.05) is 13.0 Å². The van der Waals surface area contributed by atoms with Gasteiger partial charge in [-0.1, -0.05) is 6.07 Å². The normalized spacial score (nSPS) is 14.5. The second-order valence-corrected chi connectivity index (χ2v) is 6.45. The molecule has 2 aromatic carbocycles. The Morgan fingerprint density at radius 3 is 2.42 bits per heavy atom. The third-order valence-corrected chi connectivity index (χ3v) is 4.39. The highest BCUT2D eigenvalue weighted by molar-refractivity contribution is 6.28. The molecule has 10 heteroatoms. The molecule has 0 aromatic heterocycles. The lowest BCUT2D eigenvalue weighted by atomic mass is 10.1. The van der Waals surface area contributed by atoms with E-state index in [1.807, 2.05) is 0 Å². The first kappa shape index (κ1) is 21.5. The number of methoxy groups -OCH3 is 2. The van der Waals surface area contributed by atoms with Gasteiger partial charge in [0.2, 0.25) is 0 Å². The van der Waals surface area contributed by atoms with E-state index in [1.54, 1.807) is 31.2 Å². The number of hydrogen-bond donors (Lipinski definition) is 0. The third-order valence-electron chi connectivity index (χ3n) is 4.39. The molecule has 0 saturated heterocycles. The number of esters is 1. The molecular formula is C21H19N3O7. The van der Waals surface area contributed by atoms with Crippen LogP contribution in [-0.2, 0) is 9.59 Å². The van der Waals surface area contributed by atoms with Gasteiger partial charge in [-0.05, 0) is 36.8 Å². The topological polar surface area (TPSA) is 121 Å². The fourth-order valence-corrected chi connectivity index (χ4v) is 3.05. The highest BCUT2D eigenvalue weighted by atomic mass is 16.6. The summed E-state index contributed by atoms with van der Waals surface area (Å²) in [6.07, 6.45) is 1.56. The number of non-ortho nitro benzene ring substituents is 1. The molecule has 1 amide bonds. The van der Waals surface area contributed by atoms with Crippen molar-refractivity contribution in [3.8, 4) is 17.2 Å². The van der Waals surface area contributed by atoms with Crippen molar-refractivity contribution >= 4 is 35.2 Å². The van der Waals surface area contributed by atoms with E-state index in [2.05, 4.69) is 4.99 Å². The van der Waals surface area contributed by atoms with Crippen LogP contribution in [0.4, 0.5) is 11.4 Å². The number of ether oxygens (including phenoxy) is 3. The Hall–Kier alpha value is -4.21. The van der Waals surface area contributed by atoms with Gasteiger partial charge in [-0.3, -0.25) is 24.6 Å². The zero-order valence-electron chi connectivity index (χ0n) is 17.2. The lowest BCUT2D eigenvalue weighted by molar-refractivity contribution is -0.384. The average molecular weight is 425 g/mol. The fraction of sp³-hybridized carbons (Fsp3) is 0.190. The number of carbonyl (C=O) groups excluding carboxylic acids is 2. The molecule has 1 aliphatic heterocycles. The lowest BCUT2D eigenvalue weighted by Gasteiger charge is -2.18. The molecule has 0 atom stereocenters. The Labute approximate surface area is 177 Å². The molecule has 0 saturated carbocycles. The van der Waals surface area contributed by atoms with Crippen molar-refractivity contribution in [3.63, 3.8) is 0 Å². The SMILES string of the molecule is COc1cc(/C=C2\N=C(C)N(c3ccc([N+](=O)[O-])cc3OC)C2=O)ccc1OC(C)=O. The molecule has 1 aliphatic rings. The van der Waals surface area contributed by atoms with Crippen LogP contribution in [0.15, 0.2) is 47.1 Å². The summed E-state index contributed by atoms with van der Waals surface area (Å²) in [5.74, 6) is 0.227. The zero-order chi connectivity index (χ0) is 22.7. The van der Waals surface area contributed by atoms with E-state index in [1.165, 1.54) is 44.2 Å². The molecular weight excluding hydrogens is 406 g/mol. The van der Waals surface area contributed by atoms with Gasteiger partial charge in [-0.25, -0.2) is 4.99 Å². The van der Waals surface area contributed by atoms with Crippen LogP contribution in [0.25, 0.3) is 6.08 Å². The van der Waals surface area contributed by atoms with Crippen LogP contribution >= 0.6 is 0 Å². The van der Waals surface area contributed by atoms with Gasteiger partial charge in [0.1, 0.15) is 17.3 Å². The molecule has 0 aliphatic carbocycles. The van der Waals surface area contributed by atoms with Crippen molar-refractivity contribution in [1.29, 1.82) is 0 Å². The van der Waals surface area contributed by atoms with Crippen molar-refractivity contribution < 1.29 is 28.7 Å². The summed E-state index contributed by atoms with van der Waals surface area (Å²) in [5, 5.41) is 11.0. The summed E-state index contributed by atoms with van der Waals surface area (Å²) >= 11 is 0. The number of nitrogens with zero attached hydrogens (tertiary/aromatic N) is 3. The number of nitro benzene ring substituents is 1. The van der Waals surface area contributed by atoms with E-state index in [4.69, 9.17) is 14.2 Å². The Morgan fingerprint density at radius 2 is 1.81 bits per heavy atom. The van der Waals surface area contributed by atoms with Gasteiger partial charge >= 0.3 is 5.97 Å². The molecule has 0 fully saturated rings. The summed E-state index contributed by atoms with van der Waals surface area (Å²) in [4.78, 5) is 40.3. The summed E-state index contributed by atoms with van der Waals surface area (Å²) in [6.45, 7) is 2.93. The minimum Gasteiger partial charge on any atom is -0.494 e. The van der Waals surface area contributed by atoms with Crippen LogP contribution in [-0.4, -0.2) is 36.9 Å². The molecule has 31 heavy (non-hydrogen) atoms. The molecule has 0 bridgehead atoms. The van der Waals surface area contributed by atoms with Crippen molar-refractivity contribution in [2.24, 2.45) is 4.99 Å². The van der Waals surface area contributed by atoms with Crippen molar-refractivity contribution in [2.45, 2.75) is 13.8 Å². The number of carbonyl (C=O) groups is 2. The molecule has 160 valence electrons. The smallest absolute Gasteiger partial charge is 0.308 e. The number of amides is 1. The number of rotatable bonds is 6. The van der Waals surface area contributed by atoms with Crippen LogP contribution in [0.2, 0.25) is 0 Å². The number of aliphatic imine (C=N–C) groups is 1. The second kappa shape index (κ2) is 8.66. The van der Waals surface area contributed by atoms with E-state index in [0.29, 0.717) is 22.8 Å². The standard InChI is InChI=1S/C21H19N3O7/c1-12-22-16(9-14-5-8-18(31-13(2)25)20(10-14)30-4)21(26)23(12)17-7-6-15(24(27)28)11-19(17)29-3/h5-11H,1-4H3/b16-9-. The van der Waals surface area contributed by atoms with Crippen molar-refractivity contribution in [3.05, 3.63) is 57.8 Å². The Morgan fingerprint density at radius 1 is 1.10 bits per heavy atom. The molecule has 0 spiro atoms. The van der Waals surface area contributed by atoms with Gasteiger partial charge in [-0.15, -0.1) is 0 Å². The van der Waals surface area contributed by atoms with Crippen LogP contribution in [0.3, 0.4) is 0 Å². The van der Waals surface area contributed by atoms with Crippen LogP contribution in [0.1, 0.15) is 19.4 Å². The maximum Gasteiger partial charge on any atom is 0.308 e. The van der Waals surface area contributed by atoms with E-state index < -0.39 is 16.8 Å². The van der Waals surface area contributed by atoms with Crippen LogP contribution in [0.5, 0.6) is 17.2 Å². The zero-order valence-corrected chi connectivity index (χ0v) is 17.2. The van der Waals surface area contributed by atoms with E-state index >= 15 is 0 Å². The van der Waals surface area contributed by atoms with Gasteiger partial charge in [-0.2, -0.15) is 0 Å². The first-order valence-electron chi connectivity index (χ1n) is 9.05. The number of hydrogen-bond acceptors (Lipinski definition) is 8. The van der Waals surface area contributed by atoms with E-state index in [-0.39, 0.29) is 22.9 Å². The quantitative estimate of drug-likeness (QED) is 0.229. The summed E-state index contributed by atoms with van der Waals surface area (Å²) in [6, 6.07) is 8.79.